The second kappa shape index (κ2) is 6.54. The van der Waals surface area contributed by atoms with Gasteiger partial charge in [-0.15, -0.1) is 11.8 Å². The summed E-state index contributed by atoms with van der Waals surface area (Å²) in [4.78, 5) is 19.1. The van der Waals surface area contributed by atoms with Gasteiger partial charge in [0.25, 0.3) is 0 Å². The van der Waals surface area contributed by atoms with E-state index in [0.717, 1.165) is 17.2 Å². The zero-order valence-corrected chi connectivity index (χ0v) is 9.09. The SMILES string of the molecule is CCC(=O)CCCSc1cnccn1. The van der Waals surface area contributed by atoms with Crippen LogP contribution in [0.25, 0.3) is 0 Å². The Hall–Kier alpha value is -0.900. The van der Waals surface area contributed by atoms with Gasteiger partial charge in [-0.25, -0.2) is 4.98 Å². The molecular weight excluding hydrogens is 196 g/mol. The third-order valence-electron chi connectivity index (χ3n) is 1.78. The molecule has 3 nitrogen and oxygen atoms in total. The first-order chi connectivity index (χ1) is 6.83. The number of thioether (sulfide) groups is 1. The van der Waals surface area contributed by atoms with Crippen LogP contribution in [0.15, 0.2) is 23.6 Å². The minimum absolute atomic E-state index is 0.338. The van der Waals surface area contributed by atoms with Crippen LogP contribution in [0, 0.1) is 0 Å². The number of aromatic nitrogens is 2. The third kappa shape index (κ3) is 4.37. The zero-order chi connectivity index (χ0) is 10.2. The lowest BCUT2D eigenvalue weighted by atomic mass is 10.2. The summed E-state index contributed by atoms with van der Waals surface area (Å²) in [6.45, 7) is 1.90. The minimum Gasteiger partial charge on any atom is -0.300 e. The fourth-order valence-corrected chi connectivity index (χ4v) is 1.75. The molecule has 0 aliphatic heterocycles. The second-order valence-electron chi connectivity index (χ2n) is 2.89. The molecule has 4 heteroatoms. The predicted molar refractivity (Wildman–Crippen MR) is 57.3 cm³/mol. The van der Waals surface area contributed by atoms with Crippen LogP contribution >= 0.6 is 11.8 Å². The lowest BCUT2D eigenvalue weighted by Crippen LogP contribution is -1.95. The van der Waals surface area contributed by atoms with Crippen molar-refractivity contribution in [2.24, 2.45) is 0 Å². The summed E-state index contributed by atoms with van der Waals surface area (Å²) in [6.07, 6.45) is 7.34. The Morgan fingerprint density at radius 3 is 3.00 bits per heavy atom. The Morgan fingerprint density at radius 2 is 2.36 bits per heavy atom. The van der Waals surface area contributed by atoms with Gasteiger partial charge in [0.15, 0.2) is 0 Å². The van der Waals surface area contributed by atoms with Gasteiger partial charge < -0.3 is 0 Å². The van der Waals surface area contributed by atoms with Gasteiger partial charge in [0.2, 0.25) is 0 Å². The molecule has 1 aromatic rings. The molecule has 76 valence electrons. The van der Waals surface area contributed by atoms with E-state index in [1.165, 1.54) is 0 Å². The maximum absolute atomic E-state index is 11.0. The zero-order valence-electron chi connectivity index (χ0n) is 8.27. The standard InChI is InChI=1S/C10H14N2OS/c1-2-9(13)4-3-7-14-10-8-11-5-6-12-10/h5-6,8H,2-4,7H2,1H3. The number of carbonyl (C=O) groups excluding carboxylic acids is 1. The average Bonchev–Trinajstić information content (AvgIpc) is 2.25. The first-order valence-electron chi connectivity index (χ1n) is 4.73. The highest BCUT2D eigenvalue weighted by molar-refractivity contribution is 7.99. The van der Waals surface area contributed by atoms with Gasteiger partial charge in [0.1, 0.15) is 10.8 Å². The molecule has 0 aliphatic carbocycles. The van der Waals surface area contributed by atoms with Crippen LogP contribution in [0.1, 0.15) is 26.2 Å². The van der Waals surface area contributed by atoms with Gasteiger partial charge in [0, 0.05) is 25.2 Å². The predicted octanol–water partition coefficient (Wildman–Crippen LogP) is 2.33. The minimum atomic E-state index is 0.338. The number of nitrogens with zero attached hydrogens (tertiary/aromatic N) is 2. The van der Waals surface area contributed by atoms with Crippen LogP contribution in [0.3, 0.4) is 0 Å². The van der Waals surface area contributed by atoms with Crippen LogP contribution in [0.5, 0.6) is 0 Å². The third-order valence-corrected chi connectivity index (χ3v) is 2.78. The summed E-state index contributed by atoms with van der Waals surface area (Å²) in [5.74, 6) is 1.27. The summed E-state index contributed by atoms with van der Waals surface area (Å²) in [5, 5.41) is 0.927. The fourth-order valence-electron chi connectivity index (χ4n) is 0.983. The molecule has 0 bridgehead atoms. The molecule has 0 N–H and O–H groups in total. The Bertz CT molecular complexity index is 277. The summed E-state index contributed by atoms with van der Waals surface area (Å²) in [6, 6.07) is 0. The molecule has 0 amide bonds. The Kier molecular flexibility index (Phi) is 5.22. The molecule has 0 saturated heterocycles. The van der Waals surface area contributed by atoms with Gasteiger partial charge >= 0.3 is 0 Å². The lowest BCUT2D eigenvalue weighted by Gasteiger charge is -1.98. The summed E-state index contributed by atoms with van der Waals surface area (Å²) in [5.41, 5.74) is 0. The summed E-state index contributed by atoms with van der Waals surface area (Å²) < 4.78 is 0. The fraction of sp³-hybridized carbons (Fsp3) is 0.500. The van der Waals surface area contributed by atoms with Crippen molar-refractivity contribution in [1.82, 2.24) is 9.97 Å². The lowest BCUT2D eigenvalue weighted by molar-refractivity contribution is -0.118. The first kappa shape index (κ1) is 11.2. The monoisotopic (exact) mass is 210 g/mol. The van der Waals surface area contributed by atoms with Crippen LogP contribution in [-0.2, 0) is 4.79 Å². The molecule has 0 unspecified atom stereocenters. The number of hydrogen-bond donors (Lipinski definition) is 0. The van der Waals surface area contributed by atoms with E-state index in [2.05, 4.69) is 9.97 Å². The van der Waals surface area contributed by atoms with Crippen molar-refractivity contribution >= 4 is 17.5 Å². The number of ketones is 1. The molecule has 0 spiro atoms. The van der Waals surface area contributed by atoms with Gasteiger partial charge in [-0.05, 0) is 12.2 Å². The van der Waals surface area contributed by atoms with E-state index in [0.29, 0.717) is 18.6 Å². The summed E-state index contributed by atoms with van der Waals surface area (Å²) >= 11 is 1.65. The van der Waals surface area contributed by atoms with Crippen LogP contribution in [-0.4, -0.2) is 21.5 Å². The topological polar surface area (TPSA) is 42.9 Å². The molecule has 0 aliphatic rings. The van der Waals surface area contributed by atoms with Gasteiger partial charge in [-0.2, -0.15) is 0 Å². The van der Waals surface area contributed by atoms with E-state index in [4.69, 9.17) is 0 Å². The van der Waals surface area contributed by atoms with E-state index in [1.54, 1.807) is 30.4 Å². The maximum atomic E-state index is 11.0. The van der Waals surface area contributed by atoms with Crippen molar-refractivity contribution in [1.29, 1.82) is 0 Å². The van der Waals surface area contributed by atoms with Crippen molar-refractivity contribution in [2.45, 2.75) is 31.2 Å². The molecule has 0 radical (unpaired) electrons. The Labute approximate surface area is 88.3 Å². The highest BCUT2D eigenvalue weighted by Gasteiger charge is 1.99. The smallest absolute Gasteiger partial charge is 0.132 e. The molecule has 0 atom stereocenters. The Morgan fingerprint density at radius 1 is 1.50 bits per heavy atom. The van der Waals surface area contributed by atoms with E-state index >= 15 is 0 Å². The highest BCUT2D eigenvalue weighted by atomic mass is 32.2. The van der Waals surface area contributed by atoms with Gasteiger partial charge in [-0.3, -0.25) is 9.78 Å². The molecule has 1 aromatic heterocycles. The molecule has 0 aromatic carbocycles. The van der Waals surface area contributed by atoms with E-state index < -0.39 is 0 Å². The molecule has 0 saturated carbocycles. The number of carbonyl (C=O) groups is 1. The molecule has 1 rings (SSSR count). The molecule has 1 heterocycles. The molecule has 0 fully saturated rings. The highest BCUT2D eigenvalue weighted by Crippen LogP contribution is 2.14. The quantitative estimate of drug-likeness (QED) is 0.534. The number of Topliss-reactive ketones (excluding diaryl/α,β-unsaturated/α-hetero) is 1. The van der Waals surface area contributed by atoms with Gasteiger partial charge in [0.05, 0.1) is 6.20 Å². The van der Waals surface area contributed by atoms with Gasteiger partial charge in [-0.1, -0.05) is 6.92 Å². The average molecular weight is 210 g/mol. The van der Waals surface area contributed by atoms with Crippen molar-refractivity contribution in [3.63, 3.8) is 0 Å². The number of rotatable bonds is 6. The number of hydrogen-bond acceptors (Lipinski definition) is 4. The van der Waals surface area contributed by atoms with E-state index in [9.17, 15) is 4.79 Å². The largest absolute Gasteiger partial charge is 0.300 e. The molecule has 14 heavy (non-hydrogen) atoms. The van der Waals surface area contributed by atoms with Crippen molar-refractivity contribution in [3.8, 4) is 0 Å². The van der Waals surface area contributed by atoms with Crippen LogP contribution < -0.4 is 0 Å². The van der Waals surface area contributed by atoms with E-state index in [-0.39, 0.29) is 0 Å². The van der Waals surface area contributed by atoms with Crippen molar-refractivity contribution in [2.75, 3.05) is 5.75 Å². The maximum Gasteiger partial charge on any atom is 0.132 e. The van der Waals surface area contributed by atoms with Crippen LogP contribution in [0.4, 0.5) is 0 Å². The normalized spacial score (nSPS) is 10.1. The molecular formula is C10H14N2OS. The van der Waals surface area contributed by atoms with E-state index in [1.807, 2.05) is 6.92 Å². The van der Waals surface area contributed by atoms with Crippen LogP contribution in [0.2, 0.25) is 0 Å². The summed E-state index contributed by atoms with van der Waals surface area (Å²) in [7, 11) is 0. The Balaban J connectivity index is 2.13. The van der Waals surface area contributed by atoms with Crippen molar-refractivity contribution in [3.05, 3.63) is 18.6 Å². The first-order valence-corrected chi connectivity index (χ1v) is 5.72. The second-order valence-corrected chi connectivity index (χ2v) is 4.00. The van der Waals surface area contributed by atoms with Crippen molar-refractivity contribution < 1.29 is 4.79 Å².